The van der Waals surface area contributed by atoms with Crippen molar-refractivity contribution in [1.29, 1.82) is 0 Å². The molecule has 0 bridgehead atoms. The Labute approximate surface area is 190 Å². The molecule has 0 radical (unpaired) electrons. The first-order valence-electron chi connectivity index (χ1n) is 11.4. The molecule has 2 atom stereocenters. The second kappa shape index (κ2) is 12.1. The number of Topliss-reactive ketones (excluding diaryl/α,β-unsaturated/α-hetero) is 1. The summed E-state index contributed by atoms with van der Waals surface area (Å²) in [6.07, 6.45) is 9.19. The van der Waals surface area contributed by atoms with E-state index in [1.54, 1.807) is 0 Å². The van der Waals surface area contributed by atoms with Crippen LogP contribution in [-0.2, 0) is 17.6 Å². The van der Waals surface area contributed by atoms with Crippen LogP contribution < -0.4 is 5.32 Å². The lowest BCUT2D eigenvalue weighted by atomic mass is 9.87. The van der Waals surface area contributed by atoms with E-state index in [0.717, 1.165) is 45.2 Å². The van der Waals surface area contributed by atoms with E-state index in [-0.39, 0.29) is 23.8 Å². The van der Waals surface area contributed by atoms with Gasteiger partial charge in [0.2, 0.25) is 0 Å². The SMILES string of the molecule is O=C1CCC(N2CCCCC2)C(NC(=O)c2ccc(CCCCl)c(CCCCl)c2)C1. The van der Waals surface area contributed by atoms with Gasteiger partial charge in [-0.25, -0.2) is 0 Å². The van der Waals surface area contributed by atoms with Crippen LogP contribution in [0.5, 0.6) is 0 Å². The minimum absolute atomic E-state index is 0.0762. The molecule has 1 aliphatic carbocycles. The third-order valence-corrected chi connectivity index (χ3v) is 6.97. The van der Waals surface area contributed by atoms with Gasteiger partial charge < -0.3 is 5.32 Å². The summed E-state index contributed by atoms with van der Waals surface area (Å²) in [6.45, 7) is 2.14. The third kappa shape index (κ3) is 6.45. The van der Waals surface area contributed by atoms with Crippen LogP contribution in [0.3, 0.4) is 0 Å². The number of alkyl halides is 2. The molecule has 1 heterocycles. The van der Waals surface area contributed by atoms with E-state index >= 15 is 0 Å². The molecule has 6 heteroatoms. The zero-order valence-electron chi connectivity index (χ0n) is 17.8. The largest absolute Gasteiger partial charge is 0.347 e. The van der Waals surface area contributed by atoms with Crippen molar-refractivity contribution in [2.24, 2.45) is 0 Å². The summed E-state index contributed by atoms with van der Waals surface area (Å²) in [5.74, 6) is 1.42. The van der Waals surface area contributed by atoms with Crippen molar-refractivity contribution < 1.29 is 9.59 Å². The van der Waals surface area contributed by atoms with Crippen LogP contribution in [0.1, 0.15) is 72.9 Å². The summed E-state index contributed by atoms with van der Waals surface area (Å²) >= 11 is 11.8. The van der Waals surface area contributed by atoms with Gasteiger partial charge in [-0.3, -0.25) is 14.5 Å². The highest BCUT2D eigenvalue weighted by molar-refractivity contribution is 6.18. The number of likely N-dealkylation sites (tertiary alicyclic amines) is 1. The quantitative estimate of drug-likeness (QED) is 0.550. The highest BCUT2D eigenvalue weighted by Gasteiger charge is 2.35. The van der Waals surface area contributed by atoms with Crippen LogP contribution >= 0.6 is 23.2 Å². The van der Waals surface area contributed by atoms with Gasteiger partial charge in [0.25, 0.3) is 5.91 Å². The molecule has 0 spiro atoms. The second-order valence-electron chi connectivity index (χ2n) is 8.59. The lowest BCUT2D eigenvalue weighted by Gasteiger charge is -2.41. The van der Waals surface area contributed by atoms with E-state index < -0.39 is 0 Å². The summed E-state index contributed by atoms with van der Waals surface area (Å²) in [7, 11) is 0. The highest BCUT2D eigenvalue weighted by atomic mass is 35.5. The maximum atomic E-state index is 13.1. The van der Waals surface area contributed by atoms with Crippen molar-refractivity contribution in [2.75, 3.05) is 24.8 Å². The molecule has 1 aromatic rings. The summed E-state index contributed by atoms with van der Waals surface area (Å²) in [4.78, 5) is 27.7. The first-order chi connectivity index (χ1) is 14.6. The van der Waals surface area contributed by atoms with Crippen LogP contribution in [-0.4, -0.2) is 53.5 Å². The number of benzene rings is 1. The van der Waals surface area contributed by atoms with Crippen molar-refractivity contribution >= 4 is 34.9 Å². The normalized spacial score (nSPS) is 22.8. The molecule has 1 saturated carbocycles. The predicted molar refractivity (Wildman–Crippen MR) is 124 cm³/mol. The van der Waals surface area contributed by atoms with Gasteiger partial charge >= 0.3 is 0 Å². The van der Waals surface area contributed by atoms with Gasteiger partial charge in [-0.05, 0) is 81.3 Å². The number of nitrogens with zero attached hydrogens (tertiary/aromatic N) is 1. The summed E-state index contributed by atoms with van der Waals surface area (Å²) < 4.78 is 0. The topological polar surface area (TPSA) is 49.4 Å². The zero-order valence-corrected chi connectivity index (χ0v) is 19.3. The number of rotatable bonds is 9. The molecular weight excluding hydrogens is 419 g/mol. The van der Waals surface area contributed by atoms with E-state index in [9.17, 15) is 9.59 Å². The maximum absolute atomic E-state index is 13.1. The van der Waals surface area contributed by atoms with Crippen LogP contribution in [0.4, 0.5) is 0 Å². The van der Waals surface area contributed by atoms with Crippen molar-refractivity contribution in [1.82, 2.24) is 10.2 Å². The van der Waals surface area contributed by atoms with Crippen LogP contribution in [0.25, 0.3) is 0 Å². The van der Waals surface area contributed by atoms with Crippen LogP contribution in [0.2, 0.25) is 0 Å². The zero-order chi connectivity index (χ0) is 21.3. The number of nitrogens with one attached hydrogen (secondary N) is 1. The van der Waals surface area contributed by atoms with Crippen molar-refractivity contribution in [3.05, 3.63) is 34.9 Å². The van der Waals surface area contributed by atoms with Gasteiger partial charge in [0.1, 0.15) is 5.78 Å². The maximum Gasteiger partial charge on any atom is 0.251 e. The highest BCUT2D eigenvalue weighted by Crippen LogP contribution is 2.25. The van der Waals surface area contributed by atoms with E-state index in [1.165, 1.54) is 30.4 Å². The Morgan fingerprint density at radius 3 is 2.43 bits per heavy atom. The average molecular weight is 453 g/mol. The molecule has 0 aromatic heterocycles. The molecule has 3 rings (SSSR count). The fourth-order valence-electron chi connectivity index (χ4n) is 4.84. The lowest BCUT2D eigenvalue weighted by Crippen LogP contribution is -2.55. The third-order valence-electron chi connectivity index (χ3n) is 6.44. The van der Waals surface area contributed by atoms with Gasteiger partial charge in [-0.15, -0.1) is 23.2 Å². The minimum Gasteiger partial charge on any atom is -0.347 e. The molecule has 1 aromatic carbocycles. The molecule has 2 fully saturated rings. The summed E-state index contributed by atoms with van der Waals surface area (Å²) in [5, 5.41) is 3.21. The van der Waals surface area contributed by atoms with Gasteiger partial charge in [-0.2, -0.15) is 0 Å². The average Bonchev–Trinajstić information content (AvgIpc) is 2.77. The monoisotopic (exact) mass is 452 g/mol. The Kier molecular flexibility index (Phi) is 9.48. The molecule has 2 aliphatic rings. The Balaban J connectivity index is 1.72. The number of hydrogen-bond donors (Lipinski definition) is 1. The minimum atomic E-state index is -0.0981. The van der Waals surface area contributed by atoms with Gasteiger partial charge in [0, 0.05) is 36.2 Å². The molecule has 1 amide bonds. The number of amides is 1. The van der Waals surface area contributed by atoms with E-state index in [0.29, 0.717) is 30.2 Å². The van der Waals surface area contributed by atoms with E-state index in [1.807, 2.05) is 12.1 Å². The van der Waals surface area contributed by atoms with Crippen molar-refractivity contribution in [3.8, 4) is 0 Å². The number of aryl methyl sites for hydroxylation is 2. The molecule has 1 aliphatic heterocycles. The fraction of sp³-hybridized carbons (Fsp3) is 0.667. The van der Waals surface area contributed by atoms with Crippen LogP contribution in [0.15, 0.2) is 18.2 Å². The molecule has 4 nitrogen and oxygen atoms in total. The van der Waals surface area contributed by atoms with Gasteiger partial charge in [0.15, 0.2) is 0 Å². The summed E-state index contributed by atoms with van der Waals surface area (Å²) in [5.41, 5.74) is 3.10. The molecule has 166 valence electrons. The van der Waals surface area contributed by atoms with Gasteiger partial charge in [-0.1, -0.05) is 12.5 Å². The first kappa shape index (κ1) is 23.6. The summed E-state index contributed by atoms with van der Waals surface area (Å²) in [6, 6.07) is 6.14. The molecule has 2 unspecified atom stereocenters. The molecular formula is C24H34Cl2N2O2. The predicted octanol–water partition coefficient (Wildman–Crippen LogP) is 4.74. The number of carbonyl (C=O) groups is 2. The number of piperidine rings is 1. The smallest absolute Gasteiger partial charge is 0.251 e. The number of halogens is 2. The fourth-order valence-corrected chi connectivity index (χ4v) is 5.11. The van der Waals surface area contributed by atoms with Crippen molar-refractivity contribution in [3.63, 3.8) is 0 Å². The molecule has 30 heavy (non-hydrogen) atoms. The molecule has 1 saturated heterocycles. The van der Waals surface area contributed by atoms with Crippen molar-refractivity contribution in [2.45, 2.75) is 76.3 Å². The molecule has 1 N–H and O–H groups in total. The van der Waals surface area contributed by atoms with Gasteiger partial charge in [0.05, 0.1) is 6.04 Å². The Hall–Kier alpha value is -1.10. The number of ketones is 1. The standard InChI is InChI=1S/C24H34Cl2N2O2/c25-12-4-6-18-8-9-20(16-19(18)7-5-13-26)24(30)27-22-17-21(29)10-11-23(22)28-14-2-1-3-15-28/h8-9,16,22-23H,1-7,10-15,17H2,(H,27,30). The Morgan fingerprint density at radius 2 is 1.73 bits per heavy atom. The number of hydrogen-bond acceptors (Lipinski definition) is 3. The second-order valence-corrected chi connectivity index (χ2v) is 9.35. The lowest BCUT2D eigenvalue weighted by molar-refractivity contribution is -0.122. The Morgan fingerprint density at radius 1 is 1.03 bits per heavy atom. The van der Waals surface area contributed by atoms with E-state index in [4.69, 9.17) is 23.2 Å². The first-order valence-corrected chi connectivity index (χ1v) is 12.5. The van der Waals surface area contributed by atoms with E-state index in [2.05, 4.69) is 16.3 Å². The van der Waals surface area contributed by atoms with Crippen LogP contribution in [0, 0.1) is 0 Å². The number of carbonyl (C=O) groups excluding carboxylic acids is 2. The Bertz CT molecular complexity index is 719.